The topological polar surface area (TPSA) is 29.5 Å². The summed E-state index contributed by atoms with van der Waals surface area (Å²) in [6.45, 7) is 8.66. The Labute approximate surface area is 118 Å². The smallest absolute Gasteiger partial charge is 0.310 e. The number of methoxy groups -OCH3 is 1. The van der Waals surface area contributed by atoms with Gasteiger partial charge < -0.3 is 9.64 Å². The van der Waals surface area contributed by atoms with Gasteiger partial charge in [0.1, 0.15) is 8.07 Å². The van der Waals surface area contributed by atoms with E-state index in [4.69, 9.17) is 4.74 Å². The first kappa shape index (κ1) is 16.3. The number of ether oxygens (including phenoxy) is 1. The highest BCUT2D eigenvalue weighted by Crippen LogP contribution is 2.27. The molecule has 1 saturated heterocycles. The maximum Gasteiger partial charge on any atom is 0.310 e. The van der Waals surface area contributed by atoms with Crippen molar-refractivity contribution >= 4 is 14.0 Å². The summed E-state index contributed by atoms with van der Waals surface area (Å²) < 4.78 is 4.93. The van der Waals surface area contributed by atoms with E-state index in [0.717, 1.165) is 32.4 Å². The first-order valence-electron chi connectivity index (χ1n) is 7.10. The largest absolute Gasteiger partial charge is 0.469 e. The van der Waals surface area contributed by atoms with Crippen LogP contribution in [-0.2, 0) is 9.53 Å². The molecule has 1 rings (SSSR count). The van der Waals surface area contributed by atoms with Crippen LogP contribution in [0.3, 0.4) is 0 Å². The molecule has 0 unspecified atom stereocenters. The zero-order chi connectivity index (χ0) is 14.5. The summed E-state index contributed by atoms with van der Waals surface area (Å²) >= 11 is 0. The van der Waals surface area contributed by atoms with Crippen LogP contribution < -0.4 is 0 Å². The second-order valence-corrected chi connectivity index (χ2v) is 11.3. The van der Waals surface area contributed by atoms with Crippen LogP contribution in [0.15, 0.2) is 0 Å². The number of hydrogen-bond acceptors (Lipinski definition) is 3. The molecule has 2 atom stereocenters. The molecule has 0 saturated carbocycles. The minimum atomic E-state index is -1.26. The van der Waals surface area contributed by atoms with E-state index in [1.807, 2.05) is 0 Å². The molecular formula is C15H27NO2Si. The third-order valence-corrected chi connectivity index (χ3v) is 4.49. The maximum absolute atomic E-state index is 11.8. The van der Waals surface area contributed by atoms with Crippen LogP contribution in [0.4, 0.5) is 0 Å². The van der Waals surface area contributed by atoms with E-state index in [2.05, 4.69) is 43.1 Å². The molecule has 0 amide bonds. The van der Waals surface area contributed by atoms with Gasteiger partial charge in [-0.05, 0) is 32.4 Å². The summed E-state index contributed by atoms with van der Waals surface area (Å²) in [5.41, 5.74) is 3.39. The Morgan fingerprint density at radius 1 is 1.42 bits per heavy atom. The van der Waals surface area contributed by atoms with Gasteiger partial charge in [0.05, 0.1) is 13.0 Å². The third kappa shape index (κ3) is 5.79. The Morgan fingerprint density at radius 2 is 2.11 bits per heavy atom. The molecule has 4 heteroatoms. The van der Waals surface area contributed by atoms with Gasteiger partial charge >= 0.3 is 5.97 Å². The standard InChI is InChI=1S/C15H27NO2Si/c1-16-10-9-13(14(12-16)15(17)18-2)8-6-7-11-19(3,4)5/h13-14H,6,8-10,12H2,1-5H3/t13-,14-/m0/s1. The third-order valence-electron chi connectivity index (χ3n) is 3.57. The molecule has 0 aromatic heterocycles. The summed E-state index contributed by atoms with van der Waals surface area (Å²) in [4.78, 5) is 14.1. The minimum Gasteiger partial charge on any atom is -0.469 e. The van der Waals surface area contributed by atoms with Gasteiger partial charge in [0.2, 0.25) is 0 Å². The maximum atomic E-state index is 11.8. The molecule has 0 radical (unpaired) electrons. The van der Waals surface area contributed by atoms with E-state index in [1.165, 1.54) is 7.11 Å². The van der Waals surface area contributed by atoms with Crippen molar-refractivity contribution in [3.8, 4) is 11.5 Å². The van der Waals surface area contributed by atoms with Crippen LogP contribution in [0.5, 0.6) is 0 Å². The van der Waals surface area contributed by atoms with Gasteiger partial charge in [0.25, 0.3) is 0 Å². The fourth-order valence-electron chi connectivity index (χ4n) is 2.51. The fourth-order valence-corrected chi connectivity index (χ4v) is 3.17. The first-order valence-corrected chi connectivity index (χ1v) is 10.6. The van der Waals surface area contributed by atoms with E-state index < -0.39 is 8.07 Å². The number of hydrogen-bond donors (Lipinski definition) is 0. The van der Waals surface area contributed by atoms with Crippen molar-refractivity contribution in [2.45, 2.75) is 38.9 Å². The van der Waals surface area contributed by atoms with Crippen LogP contribution in [0.1, 0.15) is 19.3 Å². The summed E-state index contributed by atoms with van der Waals surface area (Å²) in [5, 5.41) is 0. The average Bonchev–Trinajstić information content (AvgIpc) is 2.33. The molecule has 0 aromatic carbocycles. The van der Waals surface area contributed by atoms with Crippen LogP contribution >= 0.6 is 0 Å². The summed E-state index contributed by atoms with van der Waals surface area (Å²) in [6.07, 6.45) is 3.00. The van der Waals surface area contributed by atoms with Crippen molar-refractivity contribution in [1.82, 2.24) is 4.90 Å². The van der Waals surface area contributed by atoms with Crippen molar-refractivity contribution in [2.75, 3.05) is 27.2 Å². The lowest BCUT2D eigenvalue weighted by Crippen LogP contribution is -2.42. The summed E-state index contributed by atoms with van der Waals surface area (Å²) in [6, 6.07) is 0. The summed E-state index contributed by atoms with van der Waals surface area (Å²) in [7, 11) is 2.29. The highest BCUT2D eigenvalue weighted by Gasteiger charge is 2.33. The van der Waals surface area contributed by atoms with E-state index >= 15 is 0 Å². The van der Waals surface area contributed by atoms with E-state index in [9.17, 15) is 4.79 Å². The number of piperidine rings is 1. The molecule has 19 heavy (non-hydrogen) atoms. The van der Waals surface area contributed by atoms with Crippen molar-refractivity contribution in [1.29, 1.82) is 0 Å². The van der Waals surface area contributed by atoms with Crippen LogP contribution in [0, 0.1) is 23.3 Å². The zero-order valence-corrected chi connectivity index (χ0v) is 14.0. The van der Waals surface area contributed by atoms with Crippen molar-refractivity contribution in [3.63, 3.8) is 0 Å². The van der Waals surface area contributed by atoms with E-state index in [0.29, 0.717) is 5.92 Å². The molecule has 108 valence electrons. The van der Waals surface area contributed by atoms with E-state index in [-0.39, 0.29) is 11.9 Å². The molecule has 1 aliphatic rings. The van der Waals surface area contributed by atoms with Gasteiger partial charge in [-0.1, -0.05) is 19.6 Å². The van der Waals surface area contributed by atoms with Crippen LogP contribution in [-0.4, -0.2) is 46.2 Å². The van der Waals surface area contributed by atoms with Crippen LogP contribution in [0.2, 0.25) is 19.6 Å². The minimum absolute atomic E-state index is 0.0254. The molecule has 1 aliphatic heterocycles. The number of nitrogens with zero attached hydrogens (tertiary/aromatic N) is 1. The normalized spacial score (nSPS) is 24.5. The number of esters is 1. The quantitative estimate of drug-likeness (QED) is 0.452. The Bertz CT molecular complexity index is 365. The number of likely N-dealkylation sites (tertiary alicyclic amines) is 1. The fraction of sp³-hybridized carbons (Fsp3) is 0.800. The first-order chi connectivity index (χ1) is 8.83. The molecule has 0 bridgehead atoms. The predicted octanol–water partition coefficient (Wildman–Crippen LogP) is 2.39. The van der Waals surface area contributed by atoms with Gasteiger partial charge in [-0.15, -0.1) is 11.5 Å². The Morgan fingerprint density at radius 3 is 2.68 bits per heavy atom. The van der Waals surface area contributed by atoms with Gasteiger partial charge in [-0.25, -0.2) is 0 Å². The molecule has 0 N–H and O–H groups in total. The molecule has 0 aliphatic carbocycles. The van der Waals surface area contributed by atoms with Gasteiger partial charge in [0, 0.05) is 13.0 Å². The predicted molar refractivity (Wildman–Crippen MR) is 81.5 cm³/mol. The van der Waals surface area contributed by atoms with Crippen molar-refractivity contribution < 1.29 is 9.53 Å². The molecular weight excluding hydrogens is 254 g/mol. The molecule has 0 spiro atoms. The lowest BCUT2D eigenvalue weighted by atomic mass is 9.82. The number of carbonyl (C=O) groups excluding carboxylic acids is 1. The molecule has 0 aromatic rings. The molecule has 1 heterocycles. The number of carbonyl (C=O) groups is 1. The van der Waals surface area contributed by atoms with Crippen LogP contribution in [0.25, 0.3) is 0 Å². The van der Waals surface area contributed by atoms with Crippen molar-refractivity contribution in [2.24, 2.45) is 11.8 Å². The van der Waals surface area contributed by atoms with Crippen molar-refractivity contribution in [3.05, 3.63) is 0 Å². The van der Waals surface area contributed by atoms with Gasteiger partial charge in [-0.2, -0.15) is 0 Å². The highest BCUT2D eigenvalue weighted by molar-refractivity contribution is 6.83. The summed E-state index contributed by atoms with van der Waals surface area (Å²) in [5.74, 6) is 3.70. The lowest BCUT2D eigenvalue weighted by Gasteiger charge is -2.34. The second kappa shape index (κ2) is 7.11. The Hall–Kier alpha value is -0.793. The average molecular weight is 281 g/mol. The van der Waals surface area contributed by atoms with Gasteiger partial charge in [-0.3, -0.25) is 4.79 Å². The Balaban J connectivity index is 2.54. The highest BCUT2D eigenvalue weighted by atomic mass is 28.3. The molecule has 3 nitrogen and oxygen atoms in total. The second-order valence-electron chi connectivity index (χ2n) is 6.53. The molecule has 1 fully saturated rings. The zero-order valence-electron chi connectivity index (χ0n) is 13.0. The SMILES string of the molecule is COC(=O)[C@H]1CN(C)CC[C@@H]1CCC#C[Si](C)(C)C. The Kier molecular flexibility index (Phi) is 6.09. The van der Waals surface area contributed by atoms with E-state index in [1.54, 1.807) is 0 Å². The number of rotatable bonds is 3. The monoisotopic (exact) mass is 281 g/mol. The lowest BCUT2D eigenvalue weighted by molar-refractivity contribution is -0.149. The van der Waals surface area contributed by atoms with Gasteiger partial charge in [0.15, 0.2) is 0 Å².